The lowest BCUT2D eigenvalue weighted by atomic mass is 9.74. The fourth-order valence-corrected chi connectivity index (χ4v) is 4.84. The van der Waals surface area contributed by atoms with E-state index in [-0.39, 0.29) is 23.3 Å². The van der Waals surface area contributed by atoms with Crippen molar-refractivity contribution in [1.82, 2.24) is 0 Å². The first-order valence-corrected chi connectivity index (χ1v) is 10.3. The molecule has 0 spiro atoms. The third kappa shape index (κ3) is 3.44. The summed E-state index contributed by atoms with van der Waals surface area (Å²) in [6, 6.07) is 16.0. The maximum absolute atomic E-state index is 14.9. The lowest BCUT2D eigenvalue weighted by Gasteiger charge is -2.34. The van der Waals surface area contributed by atoms with Crippen LogP contribution in [0.4, 0.5) is 13.2 Å². The number of alkyl halides is 3. The van der Waals surface area contributed by atoms with Crippen LogP contribution in [-0.4, -0.2) is 20.4 Å². The van der Waals surface area contributed by atoms with E-state index in [9.17, 15) is 13.2 Å². The number of fused-ring (bicyclic) bond motifs is 1. The molecule has 0 heterocycles. The van der Waals surface area contributed by atoms with Gasteiger partial charge in [0.05, 0.1) is 24.3 Å². The SMILES string of the molecule is COc1cc2c(cc1OC)[C@@](c1ccccc1)(C(F)(F)F)C[C@H]2c1ccc(Cl)c(Cl)c1. The predicted molar refractivity (Wildman–Crippen MR) is 116 cm³/mol. The average molecular weight is 467 g/mol. The van der Waals surface area contributed by atoms with Crippen LogP contribution in [0.15, 0.2) is 60.7 Å². The highest BCUT2D eigenvalue weighted by atomic mass is 35.5. The Bertz CT molecular complexity index is 1120. The number of halogens is 5. The smallest absolute Gasteiger partial charge is 0.402 e. The van der Waals surface area contributed by atoms with Crippen molar-refractivity contribution in [2.45, 2.75) is 23.9 Å². The number of methoxy groups -OCH3 is 2. The van der Waals surface area contributed by atoms with Gasteiger partial charge < -0.3 is 9.47 Å². The van der Waals surface area contributed by atoms with Gasteiger partial charge >= 0.3 is 6.18 Å². The second-order valence-electron chi connectivity index (χ2n) is 7.49. The third-order valence-electron chi connectivity index (χ3n) is 6.00. The Hall–Kier alpha value is -2.37. The van der Waals surface area contributed by atoms with Crippen molar-refractivity contribution >= 4 is 23.2 Å². The monoisotopic (exact) mass is 466 g/mol. The van der Waals surface area contributed by atoms with E-state index in [1.165, 1.54) is 32.4 Å². The lowest BCUT2D eigenvalue weighted by molar-refractivity contribution is -0.178. The van der Waals surface area contributed by atoms with E-state index in [4.69, 9.17) is 32.7 Å². The lowest BCUT2D eigenvalue weighted by Crippen LogP contribution is -2.41. The molecule has 2 nitrogen and oxygen atoms in total. The molecule has 0 saturated carbocycles. The van der Waals surface area contributed by atoms with Gasteiger partial charge in [-0.3, -0.25) is 0 Å². The summed E-state index contributed by atoms with van der Waals surface area (Å²) in [4.78, 5) is 0. The number of hydrogen-bond acceptors (Lipinski definition) is 2. The summed E-state index contributed by atoms with van der Waals surface area (Å²) in [5.41, 5.74) is -0.694. The predicted octanol–water partition coefficient (Wildman–Crippen LogP) is 7.39. The van der Waals surface area contributed by atoms with Gasteiger partial charge in [0, 0.05) is 5.92 Å². The van der Waals surface area contributed by atoms with E-state index in [0.717, 1.165) is 0 Å². The van der Waals surface area contributed by atoms with Crippen molar-refractivity contribution in [3.05, 3.63) is 93.0 Å². The Kier molecular flexibility index (Phi) is 5.61. The number of benzene rings is 3. The summed E-state index contributed by atoms with van der Waals surface area (Å²) in [5.74, 6) is 0.0596. The largest absolute Gasteiger partial charge is 0.493 e. The third-order valence-corrected chi connectivity index (χ3v) is 6.74. The molecule has 0 bridgehead atoms. The van der Waals surface area contributed by atoms with Crippen LogP contribution < -0.4 is 9.47 Å². The van der Waals surface area contributed by atoms with Gasteiger partial charge in [0.15, 0.2) is 11.5 Å². The quantitative estimate of drug-likeness (QED) is 0.398. The fourth-order valence-electron chi connectivity index (χ4n) is 4.53. The first kappa shape index (κ1) is 21.8. The zero-order valence-electron chi connectivity index (χ0n) is 16.8. The summed E-state index contributed by atoms with van der Waals surface area (Å²) in [7, 11) is 2.87. The van der Waals surface area contributed by atoms with Crippen molar-refractivity contribution in [3.63, 3.8) is 0 Å². The molecule has 0 amide bonds. The molecule has 0 unspecified atom stereocenters. The second-order valence-corrected chi connectivity index (χ2v) is 8.31. The van der Waals surface area contributed by atoms with Gasteiger partial charge in [-0.25, -0.2) is 0 Å². The van der Waals surface area contributed by atoms with Gasteiger partial charge in [-0.05, 0) is 52.9 Å². The van der Waals surface area contributed by atoms with Crippen LogP contribution in [0.5, 0.6) is 11.5 Å². The summed E-state index contributed by atoms with van der Waals surface area (Å²) in [6.07, 6.45) is -4.75. The molecule has 3 aromatic rings. The van der Waals surface area contributed by atoms with Crippen LogP contribution in [0, 0.1) is 0 Å². The van der Waals surface area contributed by atoms with Crippen LogP contribution in [0.3, 0.4) is 0 Å². The molecule has 4 rings (SSSR count). The topological polar surface area (TPSA) is 18.5 Å². The fraction of sp³-hybridized carbons (Fsp3) is 0.250. The Balaban J connectivity index is 2.04. The molecule has 7 heteroatoms. The first-order chi connectivity index (χ1) is 14.7. The number of ether oxygens (including phenoxy) is 2. The molecule has 0 aliphatic heterocycles. The summed E-state index contributed by atoms with van der Waals surface area (Å²) >= 11 is 12.3. The molecule has 0 saturated heterocycles. The molecule has 1 aliphatic rings. The Morgan fingerprint density at radius 3 is 2.10 bits per heavy atom. The second kappa shape index (κ2) is 7.95. The van der Waals surface area contributed by atoms with Crippen LogP contribution in [-0.2, 0) is 5.41 Å². The van der Waals surface area contributed by atoms with E-state index in [1.54, 1.807) is 42.5 Å². The van der Waals surface area contributed by atoms with Crippen molar-refractivity contribution < 1.29 is 22.6 Å². The minimum absolute atomic E-state index is 0.153. The highest BCUT2D eigenvalue weighted by Crippen LogP contribution is 2.61. The minimum Gasteiger partial charge on any atom is -0.493 e. The van der Waals surface area contributed by atoms with E-state index in [1.807, 2.05) is 0 Å². The molecule has 0 fully saturated rings. The van der Waals surface area contributed by atoms with Gasteiger partial charge in [-0.2, -0.15) is 13.2 Å². The van der Waals surface area contributed by atoms with Gasteiger partial charge in [-0.1, -0.05) is 59.6 Å². The maximum atomic E-state index is 14.9. The average Bonchev–Trinajstić information content (AvgIpc) is 3.10. The van der Waals surface area contributed by atoms with E-state index in [2.05, 4.69) is 0 Å². The molecule has 0 aromatic heterocycles. The van der Waals surface area contributed by atoms with Gasteiger partial charge in [0.25, 0.3) is 0 Å². The summed E-state index contributed by atoms with van der Waals surface area (Å²) < 4.78 is 55.5. The van der Waals surface area contributed by atoms with Gasteiger partial charge in [-0.15, -0.1) is 0 Å². The van der Waals surface area contributed by atoms with Gasteiger partial charge in [0.1, 0.15) is 5.41 Å². The van der Waals surface area contributed by atoms with Crippen molar-refractivity contribution in [3.8, 4) is 11.5 Å². The molecular formula is C24H19Cl2F3O2. The van der Waals surface area contributed by atoms with Crippen LogP contribution in [0.25, 0.3) is 0 Å². The molecule has 0 N–H and O–H groups in total. The molecule has 1 aliphatic carbocycles. The van der Waals surface area contributed by atoms with Crippen LogP contribution in [0.1, 0.15) is 34.6 Å². The summed E-state index contributed by atoms with van der Waals surface area (Å²) in [6.45, 7) is 0. The molecule has 0 radical (unpaired) electrons. The Morgan fingerprint density at radius 2 is 1.52 bits per heavy atom. The maximum Gasteiger partial charge on any atom is 0.402 e. The van der Waals surface area contributed by atoms with Crippen molar-refractivity contribution in [2.24, 2.45) is 0 Å². The highest BCUT2D eigenvalue weighted by Gasteiger charge is 2.62. The van der Waals surface area contributed by atoms with Crippen molar-refractivity contribution in [1.29, 1.82) is 0 Å². The van der Waals surface area contributed by atoms with E-state index < -0.39 is 17.5 Å². The number of hydrogen-bond donors (Lipinski definition) is 0. The van der Waals surface area contributed by atoms with Crippen LogP contribution >= 0.6 is 23.2 Å². The van der Waals surface area contributed by atoms with Crippen molar-refractivity contribution in [2.75, 3.05) is 14.2 Å². The Labute approximate surface area is 188 Å². The number of rotatable bonds is 4. The normalized spacial score (nSPS) is 20.4. The Morgan fingerprint density at radius 1 is 0.871 bits per heavy atom. The molecular weight excluding hydrogens is 448 g/mol. The zero-order chi connectivity index (χ0) is 22.4. The van der Waals surface area contributed by atoms with Gasteiger partial charge in [0.2, 0.25) is 0 Å². The van der Waals surface area contributed by atoms with Crippen LogP contribution in [0.2, 0.25) is 10.0 Å². The zero-order valence-corrected chi connectivity index (χ0v) is 18.3. The first-order valence-electron chi connectivity index (χ1n) is 9.56. The molecule has 3 aromatic carbocycles. The van der Waals surface area contributed by atoms with E-state index in [0.29, 0.717) is 26.9 Å². The summed E-state index contributed by atoms with van der Waals surface area (Å²) in [5, 5.41) is 0.645. The molecule has 31 heavy (non-hydrogen) atoms. The highest BCUT2D eigenvalue weighted by molar-refractivity contribution is 6.42. The van der Waals surface area contributed by atoms with E-state index >= 15 is 0 Å². The molecule has 2 atom stereocenters. The molecule has 162 valence electrons. The minimum atomic E-state index is -4.55. The standard InChI is InChI=1S/C24H19Cl2F3O2/c1-30-21-11-16-17(14-8-9-19(25)20(26)10-14)13-23(24(27,28)29,15-6-4-3-5-7-15)18(16)12-22(21)31-2/h3-12,17H,13H2,1-2H3/t17-,23+/m0/s1.